The Bertz CT molecular complexity index is 820. The fourth-order valence-corrected chi connectivity index (χ4v) is 4.03. The van der Waals surface area contributed by atoms with Gasteiger partial charge in [0.15, 0.2) is 0 Å². The molecule has 2 aliphatic heterocycles. The van der Waals surface area contributed by atoms with Gasteiger partial charge in [0.2, 0.25) is 5.91 Å². The van der Waals surface area contributed by atoms with Gasteiger partial charge in [-0.05, 0) is 47.9 Å². The van der Waals surface area contributed by atoms with E-state index in [0.717, 1.165) is 17.9 Å². The Kier molecular flexibility index (Phi) is 3.14. The predicted octanol–water partition coefficient (Wildman–Crippen LogP) is 3.48. The van der Waals surface area contributed by atoms with Gasteiger partial charge in [-0.3, -0.25) is 4.79 Å². The number of nitrogens with one attached hydrogen (secondary N) is 1. The van der Waals surface area contributed by atoms with E-state index in [1.807, 2.05) is 18.2 Å². The van der Waals surface area contributed by atoms with Crippen LogP contribution < -0.4 is 10.2 Å². The van der Waals surface area contributed by atoms with Gasteiger partial charge in [-0.15, -0.1) is 0 Å². The standard InChI is InChI=1S/C20H22N2O2/c1-4-14-7-8-17-16(12-14)19(2,3)20(21-18(23)13-22(17)20)10-9-15-6-5-11-24-15/h5-12H,4,13H2,1-3H3,(H,21,23). The van der Waals surface area contributed by atoms with Crippen LogP contribution in [0.3, 0.4) is 0 Å². The third-order valence-corrected chi connectivity index (χ3v) is 5.48. The molecule has 1 N–H and O–H groups in total. The number of aryl methyl sites for hydroxylation is 1. The smallest absolute Gasteiger partial charge is 0.241 e. The van der Waals surface area contributed by atoms with Crippen molar-refractivity contribution in [1.82, 2.24) is 5.32 Å². The largest absolute Gasteiger partial charge is 0.465 e. The molecule has 1 atom stereocenters. The van der Waals surface area contributed by atoms with E-state index in [4.69, 9.17) is 4.42 Å². The summed E-state index contributed by atoms with van der Waals surface area (Å²) in [7, 11) is 0. The normalized spacial score (nSPS) is 24.3. The van der Waals surface area contributed by atoms with E-state index in [9.17, 15) is 4.79 Å². The van der Waals surface area contributed by atoms with Crippen LogP contribution in [0.2, 0.25) is 0 Å². The topological polar surface area (TPSA) is 45.5 Å². The van der Waals surface area contributed by atoms with Crippen LogP contribution in [0.1, 0.15) is 37.7 Å². The van der Waals surface area contributed by atoms with E-state index in [2.05, 4.69) is 55.3 Å². The third-order valence-electron chi connectivity index (χ3n) is 5.48. The van der Waals surface area contributed by atoms with Crippen molar-refractivity contribution in [2.45, 2.75) is 38.3 Å². The molecule has 24 heavy (non-hydrogen) atoms. The number of carbonyl (C=O) groups is 1. The van der Waals surface area contributed by atoms with Crippen molar-refractivity contribution >= 4 is 17.7 Å². The molecule has 4 heteroatoms. The quantitative estimate of drug-likeness (QED) is 0.941. The molecule has 1 aromatic heterocycles. The van der Waals surface area contributed by atoms with Crippen LogP contribution in [0.25, 0.3) is 6.08 Å². The molecule has 2 aromatic rings. The summed E-state index contributed by atoms with van der Waals surface area (Å²) in [6.07, 6.45) is 6.69. The molecule has 4 nitrogen and oxygen atoms in total. The van der Waals surface area contributed by atoms with Crippen LogP contribution in [-0.4, -0.2) is 18.1 Å². The van der Waals surface area contributed by atoms with E-state index in [1.165, 1.54) is 11.1 Å². The number of furan rings is 1. The Labute approximate surface area is 142 Å². The molecule has 0 radical (unpaired) electrons. The maximum Gasteiger partial charge on any atom is 0.241 e. The SMILES string of the molecule is CCc1ccc2c(c1)C(C)(C)C1(C=Cc3ccco3)NC(=O)CN21. The summed E-state index contributed by atoms with van der Waals surface area (Å²) in [4.78, 5) is 14.4. The minimum Gasteiger partial charge on any atom is -0.465 e. The number of nitrogens with zero attached hydrogens (tertiary/aromatic N) is 1. The maximum atomic E-state index is 12.2. The molecule has 0 saturated carbocycles. The average molecular weight is 322 g/mol. The summed E-state index contributed by atoms with van der Waals surface area (Å²) < 4.78 is 5.43. The zero-order chi connectivity index (χ0) is 16.9. The Morgan fingerprint density at radius 2 is 2.17 bits per heavy atom. The van der Waals surface area contributed by atoms with Crippen molar-refractivity contribution in [2.75, 3.05) is 11.4 Å². The van der Waals surface area contributed by atoms with Crippen molar-refractivity contribution in [1.29, 1.82) is 0 Å². The average Bonchev–Trinajstić information content (AvgIpc) is 3.23. The molecule has 2 aliphatic rings. The van der Waals surface area contributed by atoms with Crippen LogP contribution in [0, 0.1) is 0 Å². The molecule has 1 unspecified atom stereocenters. The molecule has 3 heterocycles. The molecule has 0 spiro atoms. The Hall–Kier alpha value is -2.49. The number of hydrogen-bond acceptors (Lipinski definition) is 3. The number of rotatable bonds is 3. The summed E-state index contributed by atoms with van der Waals surface area (Å²) >= 11 is 0. The van der Waals surface area contributed by atoms with Crippen LogP contribution in [0.4, 0.5) is 5.69 Å². The highest BCUT2D eigenvalue weighted by Gasteiger charge is 2.59. The van der Waals surface area contributed by atoms with Gasteiger partial charge in [-0.2, -0.15) is 0 Å². The second kappa shape index (κ2) is 5.00. The number of carbonyl (C=O) groups excluding carboxylic acids is 1. The zero-order valence-electron chi connectivity index (χ0n) is 14.3. The van der Waals surface area contributed by atoms with Gasteiger partial charge >= 0.3 is 0 Å². The first-order chi connectivity index (χ1) is 11.5. The van der Waals surface area contributed by atoms with E-state index < -0.39 is 5.66 Å². The van der Waals surface area contributed by atoms with Gasteiger partial charge in [0, 0.05) is 11.1 Å². The zero-order valence-corrected chi connectivity index (χ0v) is 14.3. The van der Waals surface area contributed by atoms with Crippen molar-refractivity contribution in [2.24, 2.45) is 0 Å². The van der Waals surface area contributed by atoms with Crippen LogP contribution >= 0.6 is 0 Å². The molecular formula is C20H22N2O2. The molecule has 0 aliphatic carbocycles. The monoisotopic (exact) mass is 322 g/mol. The van der Waals surface area contributed by atoms with Gasteiger partial charge < -0.3 is 14.6 Å². The summed E-state index contributed by atoms with van der Waals surface area (Å²) in [5, 5.41) is 3.22. The first kappa shape index (κ1) is 15.1. The molecule has 1 aromatic carbocycles. The van der Waals surface area contributed by atoms with Gasteiger partial charge in [0.25, 0.3) is 0 Å². The molecule has 0 bridgehead atoms. The van der Waals surface area contributed by atoms with Crippen molar-refractivity contribution in [3.05, 3.63) is 59.6 Å². The van der Waals surface area contributed by atoms with Crippen LogP contribution in [-0.2, 0) is 16.6 Å². The molecule has 4 rings (SSSR count). The Morgan fingerprint density at radius 3 is 2.88 bits per heavy atom. The fourth-order valence-electron chi connectivity index (χ4n) is 4.03. The van der Waals surface area contributed by atoms with Crippen LogP contribution in [0.5, 0.6) is 0 Å². The van der Waals surface area contributed by atoms with Gasteiger partial charge in [0.1, 0.15) is 11.4 Å². The summed E-state index contributed by atoms with van der Waals surface area (Å²) in [6.45, 7) is 6.94. The highest BCUT2D eigenvalue weighted by Crippen LogP contribution is 2.53. The van der Waals surface area contributed by atoms with E-state index in [0.29, 0.717) is 6.54 Å². The molecule has 1 fully saturated rings. The van der Waals surface area contributed by atoms with E-state index in [-0.39, 0.29) is 11.3 Å². The van der Waals surface area contributed by atoms with Crippen molar-refractivity contribution < 1.29 is 9.21 Å². The fraction of sp³-hybridized carbons (Fsp3) is 0.350. The number of benzene rings is 1. The Balaban J connectivity index is 1.86. The van der Waals surface area contributed by atoms with Crippen molar-refractivity contribution in [3.63, 3.8) is 0 Å². The van der Waals surface area contributed by atoms with Gasteiger partial charge in [-0.1, -0.05) is 32.9 Å². The number of fused-ring (bicyclic) bond motifs is 3. The van der Waals surface area contributed by atoms with Gasteiger partial charge in [0.05, 0.1) is 12.8 Å². The van der Waals surface area contributed by atoms with Crippen LogP contribution in [0.15, 0.2) is 47.1 Å². The first-order valence-electron chi connectivity index (χ1n) is 8.43. The molecule has 124 valence electrons. The second-order valence-electron chi connectivity index (χ2n) is 7.08. The number of anilines is 1. The Morgan fingerprint density at radius 1 is 1.33 bits per heavy atom. The van der Waals surface area contributed by atoms with E-state index in [1.54, 1.807) is 6.26 Å². The van der Waals surface area contributed by atoms with E-state index >= 15 is 0 Å². The number of hydrogen-bond donors (Lipinski definition) is 1. The summed E-state index contributed by atoms with van der Waals surface area (Å²) in [6, 6.07) is 10.4. The summed E-state index contributed by atoms with van der Waals surface area (Å²) in [5.41, 5.74) is 2.93. The maximum absolute atomic E-state index is 12.2. The minimum atomic E-state index is -0.564. The minimum absolute atomic E-state index is 0.0531. The molecule has 1 amide bonds. The highest BCUT2D eigenvalue weighted by molar-refractivity contribution is 5.91. The third kappa shape index (κ3) is 1.89. The predicted molar refractivity (Wildman–Crippen MR) is 94.8 cm³/mol. The lowest BCUT2D eigenvalue weighted by Crippen LogP contribution is -2.58. The van der Waals surface area contributed by atoms with Crippen molar-refractivity contribution in [3.8, 4) is 0 Å². The van der Waals surface area contributed by atoms with Gasteiger partial charge in [-0.25, -0.2) is 0 Å². The lowest BCUT2D eigenvalue weighted by atomic mass is 9.75. The highest BCUT2D eigenvalue weighted by atomic mass is 16.3. The molecular weight excluding hydrogens is 300 g/mol. The lowest BCUT2D eigenvalue weighted by molar-refractivity contribution is -0.118. The summed E-state index contributed by atoms with van der Waals surface area (Å²) in [5.74, 6) is 0.837. The number of amides is 1. The molecule has 1 saturated heterocycles. The first-order valence-corrected chi connectivity index (χ1v) is 8.43. The second-order valence-corrected chi connectivity index (χ2v) is 7.08. The lowest BCUT2D eigenvalue weighted by Gasteiger charge is -2.40.